The fourth-order valence-corrected chi connectivity index (χ4v) is 2.95. The lowest BCUT2D eigenvalue weighted by Gasteiger charge is -2.32. The van der Waals surface area contributed by atoms with Crippen LogP contribution in [0.2, 0.25) is 0 Å². The van der Waals surface area contributed by atoms with Crippen LogP contribution >= 0.6 is 0 Å². The molecule has 1 aromatic rings. The molecule has 0 bridgehead atoms. The maximum absolute atomic E-state index is 12.9. The maximum atomic E-state index is 12.9. The number of carbonyl (C=O) groups excluding carboxylic acids is 1. The second-order valence-electron chi connectivity index (χ2n) is 5.92. The smallest absolute Gasteiger partial charge is 0.256 e. The second kappa shape index (κ2) is 6.83. The van der Waals surface area contributed by atoms with Crippen LogP contribution in [-0.4, -0.2) is 37.0 Å². The zero-order chi connectivity index (χ0) is 15.4. The standard InChI is InChI=1S/C17H27N3O/c1-4-19(5-2)16-7-6-14(18)12-15(16)17(21)20-10-8-13(3)9-11-20/h6-7,12-13H,4-5,8-11,18H2,1-3H3. The molecule has 1 saturated heterocycles. The molecule has 1 aromatic carbocycles. The van der Waals surface area contributed by atoms with Crippen LogP contribution in [-0.2, 0) is 0 Å². The summed E-state index contributed by atoms with van der Waals surface area (Å²) in [5.41, 5.74) is 8.30. The number of anilines is 2. The molecule has 0 aromatic heterocycles. The van der Waals surface area contributed by atoms with E-state index in [1.807, 2.05) is 23.1 Å². The zero-order valence-corrected chi connectivity index (χ0v) is 13.4. The quantitative estimate of drug-likeness (QED) is 0.867. The van der Waals surface area contributed by atoms with Crippen LogP contribution in [0.25, 0.3) is 0 Å². The molecular formula is C17H27N3O. The number of hydrogen-bond acceptors (Lipinski definition) is 3. The SMILES string of the molecule is CCN(CC)c1ccc(N)cc1C(=O)N1CCC(C)CC1. The molecule has 4 heteroatoms. The van der Waals surface area contributed by atoms with Crippen molar-refractivity contribution < 1.29 is 4.79 Å². The number of nitrogens with two attached hydrogens (primary N) is 1. The van der Waals surface area contributed by atoms with Gasteiger partial charge in [-0.3, -0.25) is 4.79 Å². The van der Waals surface area contributed by atoms with Crippen molar-refractivity contribution in [2.75, 3.05) is 36.8 Å². The number of benzene rings is 1. The van der Waals surface area contributed by atoms with Crippen molar-refractivity contribution in [3.63, 3.8) is 0 Å². The summed E-state index contributed by atoms with van der Waals surface area (Å²) in [6.45, 7) is 9.95. The average molecular weight is 289 g/mol. The van der Waals surface area contributed by atoms with Gasteiger partial charge in [0.1, 0.15) is 0 Å². The van der Waals surface area contributed by atoms with Gasteiger partial charge in [0.15, 0.2) is 0 Å². The molecule has 1 aliphatic rings. The molecule has 21 heavy (non-hydrogen) atoms. The Morgan fingerprint density at radius 2 is 1.90 bits per heavy atom. The van der Waals surface area contributed by atoms with Crippen molar-refractivity contribution in [3.05, 3.63) is 23.8 Å². The summed E-state index contributed by atoms with van der Waals surface area (Å²) in [6, 6.07) is 5.68. The summed E-state index contributed by atoms with van der Waals surface area (Å²) in [7, 11) is 0. The number of carbonyl (C=O) groups is 1. The molecule has 4 nitrogen and oxygen atoms in total. The molecule has 0 saturated carbocycles. The van der Waals surface area contributed by atoms with E-state index in [9.17, 15) is 4.79 Å². The number of likely N-dealkylation sites (tertiary alicyclic amines) is 1. The molecular weight excluding hydrogens is 262 g/mol. The third kappa shape index (κ3) is 3.49. The third-order valence-electron chi connectivity index (χ3n) is 4.43. The lowest BCUT2D eigenvalue weighted by molar-refractivity contribution is 0.0698. The van der Waals surface area contributed by atoms with Crippen LogP contribution < -0.4 is 10.6 Å². The predicted octanol–water partition coefficient (Wildman–Crippen LogP) is 2.99. The van der Waals surface area contributed by atoms with Gasteiger partial charge < -0.3 is 15.5 Å². The summed E-state index contributed by atoms with van der Waals surface area (Å²) >= 11 is 0. The summed E-state index contributed by atoms with van der Waals surface area (Å²) in [6.07, 6.45) is 2.18. The van der Waals surface area contributed by atoms with Gasteiger partial charge in [-0.05, 0) is 50.8 Å². The van der Waals surface area contributed by atoms with Gasteiger partial charge in [-0.2, -0.15) is 0 Å². The normalized spacial score (nSPS) is 16.0. The Morgan fingerprint density at radius 1 is 1.29 bits per heavy atom. The Kier molecular flexibility index (Phi) is 5.10. The van der Waals surface area contributed by atoms with E-state index >= 15 is 0 Å². The molecule has 1 fully saturated rings. The van der Waals surface area contributed by atoms with E-state index in [1.165, 1.54) is 0 Å². The summed E-state index contributed by atoms with van der Waals surface area (Å²) < 4.78 is 0. The van der Waals surface area contributed by atoms with E-state index in [1.54, 1.807) is 0 Å². The van der Waals surface area contributed by atoms with Crippen molar-refractivity contribution in [1.82, 2.24) is 4.90 Å². The molecule has 1 amide bonds. The Hall–Kier alpha value is -1.71. The van der Waals surface area contributed by atoms with Crippen molar-refractivity contribution in [2.24, 2.45) is 5.92 Å². The number of rotatable bonds is 4. The molecule has 0 aliphatic carbocycles. The lowest BCUT2D eigenvalue weighted by Crippen LogP contribution is -2.39. The van der Waals surface area contributed by atoms with Crippen LogP contribution in [0.3, 0.4) is 0 Å². The fourth-order valence-electron chi connectivity index (χ4n) is 2.95. The van der Waals surface area contributed by atoms with E-state index in [0.717, 1.165) is 56.2 Å². The highest BCUT2D eigenvalue weighted by Crippen LogP contribution is 2.26. The van der Waals surface area contributed by atoms with Crippen LogP contribution in [0.5, 0.6) is 0 Å². The number of hydrogen-bond donors (Lipinski definition) is 1. The van der Waals surface area contributed by atoms with Gasteiger partial charge >= 0.3 is 0 Å². The van der Waals surface area contributed by atoms with Crippen molar-refractivity contribution in [1.29, 1.82) is 0 Å². The molecule has 0 radical (unpaired) electrons. The van der Waals surface area contributed by atoms with Crippen molar-refractivity contribution in [3.8, 4) is 0 Å². The van der Waals surface area contributed by atoms with Crippen molar-refractivity contribution in [2.45, 2.75) is 33.6 Å². The fraction of sp³-hybridized carbons (Fsp3) is 0.588. The van der Waals surface area contributed by atoms with E-state index in [0.29, 0.717) is 5.69 Å². The molecule has 1 heterocycles. The van der Waals surface area contributed by atoms with Gasteiger partial charge in [0.25, 0.3) is 5.91 Å². The monoisotopic (exact) mass is 289 g/mol. The van der Waals surface area contributed by atoms with E-state index < -0.39 is 0 Å². The van der Waals surface area contributed by atoms with E-state index in [-0.39, 0.29) is 5.91 Å². The topological polar surface area (TPSA) is 49.6 Å². The van der Waals surface area contributed by atoms with Crippen LogP contribution in [0, 0.1) is 5.92 Å². The molecule has 2 rings (SSSR count). The van der Waals surface area contributed by atoms with Crippen molar-refractivity contribution >= 4 is 17.3 Å². The van der Waals surface area contributed by atoms with Gasteiger partial charge in [-0.1, -0.05) is 6.92 Å². The average Bonchev–Trinajstić information content (AvgIpc) is 2.50. The van der Waals surface area contributed by atoms with Crippen LogP contribution in [0.4, 0.5) is 11.4 Å². The minimum atomic E-state index is 0.121. The maximum Gasteiger partial charge on any atom is 0.256 e. The molecule has 2 N–H and O–H groups in total. The first kappa shape index (κ1) is 15.7. The number of amides is 1. The molecule has 1 aliphatic heterocycles. The zero-order valence-electron chi connectivity index (χ0n) is 13.4. The Balaban J connectivity index is 2.28. The summed E-state index contributed by atoms with van der Waals surface area (Å²) in [4.78, 5) is 17.0. The first-order valence-corrected chi connectivity index (χ1v) is 8.00. The number of piperidine rings is 1. The molecule has 0 unspecified atom stereocenters. The Morgan fingerprint density at radius 3 is 2.48 bits per heavy atom. The first-order valence-electron chi connectivity index (χ1n) is 8.00. The van der Waals surface area contributed by atoms with Gasteiger partial charge in [0, 0.05) is 37.6 Å². The van der Waals surface area contributed by atoms with Gasteiger partial charge in [-0.15, -0.1) is 0 Å². The Labute approximate surface area is 127 Å². The predicted molar refractivity (Wildman–Crippen MR) is 88.7 cm³/mol. The largest absolute Gasteiger partial charge is 0.399 e. The molecule has 116 valence electrons. The second-order valence-corrected chi connectivity index (χ2v) is 5.92. The van der Waals surface area contributed by atoms with E-state index in [4.69, 9.17) is 5.73 Å². The first-order chi connectivity index (χ1) is 10.1. The number of nitrogens with zero attached hydrogens (tertiary/aromatic N) is 2. The third-order valence-corrected chi connectivity index (χ3v) is 4.43. The van der Waals surface area contributed by atoms with Gasteiger partial charge in [-0.25, -0.2) is 0 Å². The highest BCUT2D eigenvalue weighted by atomic mass is 16.2. The highest BCUT2D eigenvalue weighted by molar-refractivity contribution is 6.00. The highest BCUT2D eigenvalue weighted by Gasteiger charge is 2.24. The number of nitrogen functional groups attached to an aromatic ring is 1. The molecule has 0 spiro atoms. The van der Waals surface area contributed by atoms with Gasteiger partial charge in [0.05, 0.1) is 5.56 Å². The lowest BCUT2D eigenvalue weighted by atomic mass is 9.98. The molecule has 0 atom stereocenters. The van der Waals surface area contributed by atoms with Crippen LogP contribution in [0.15, 0.2) is 18.2 Å². The summed E-state index contributed by atoms with van der Waals surface area (Å²) in [5.74, 6) is 0.841. The van der Waals surface area contributed by atoms with Crippen LogP contribution in [0.1, 0.15) is 44.0 Å². The summed E-state index contributed by atoms with van der Waals surface area (Å²) in [5, 5.41) is 0. The Bertz CT molecular complexity index is 489. The minimum absolute atomic E-state index is 0.121. The van der Waals surface area contributed by atoms with Gasteiger partial charge in [0.2, 0.25) is 0 Å². The minimum Gasteiger partial charge on any atom is -0.399 e. The van der Waals surface area contributed by atoms with E-state index in [2.05, 4.69) is 25.7 Å².